The van der Waals surface area contributed by atoms with Crippen molar-refractivity contribution < 1.29 is 14.2 Å². The molecular formula is C16H21NO3S. The quantitative estimate of drug-likeness (QED) is 0.850. The van der Waals surface area contributed by atoms with E-state index in [1.165, 1.54) is 0 Å². The van der Waals surface area contributed by atoms with E-state index in [2.05, 4.69) is 12.2 Å². The molecule has 1 atom stereocenters. The Balaban J connectivity index is 2.47. The van der Waals surface area contributed by atoms with Crippen molar-refractivity contribution in [3.8, 4) is 17.2 Å². The summed E-state index contributed by atoms with van der Waals surface area (Å²) in [5.74, 6) is 2.46. The molecule has 0 spiro atoms. The van der Waals surface area contributed by atoms with Gasteiger partial charge in [-0.15, -0.1) is 11.3 Å². The van der Waals surface area contributed by atoms with Crippen molar-refractivity contribution in [3.63, 3.8) is 0 Å². The van der Waals surface area contributed by atoms with Crippen molar-refractivity contribution in [1.29, 1.82) is 0 Å². The van der Waals surface area contributed by atoms with Gasteiger partial charge in [0.25, 0.3) is 0 Å². The van der Waals surface area contributed by atoms with Gasteiger partial charge in [-0.25, -0.2) is 0 Å². The van der Waals surface area contributed by atoms with Gasteiger partial charge in [0.2, 0.25) is 0 Å². The fraction of sp³-hybridized carbons (Fsp3) is 0.375. The van der Waals surface area contributed by atoms with Crippen LogP contribution in [0, 0.1) is 0 Å². The Morgan fingerprint density at radius 3 is 2.24 bits per heavy atom. The molecule has 114 valence electrons. The maximum atomic E-state index is 5.46. The van der Waals surface area contributed by atoms with Crippen LogP contribution in [-0.4, -0.2) is 27.9 Å². The van der Waals surface area contributed by atoms with Gasteiger partial charge < -0.3 is 19.5 Å². The molecule has 5 heteroatoms. The highest BCUT2D eigenvalue weighted by Gasteiger charge is 2.20. The summed E-state index contributed by atoms with van der Waals surface area (Å²) < 4.78 is 16.2. The molecule has 4 nitrogen and oxygen atoms in total. The van der Waals surface area contributed by atoms with Crippen molar-refractivity contribution >= 4 is 11.3 Å². The van der Waals surface area contributed by atoms with Crippen LogP contribution in [0.4, 0.5) is 0 Å². The third-order valence-electron chi connectivity index (χ3n) is 3.25. The Bertz CT molecular complexity index is 560. The number of nitrogens with one attached hydrogen (secondary N) is 1. The molecule has 0 amide bonds. The van der Waals surface area contributed by atoms with Crippen LogP contribution in [0.2, 0.25) is 0 Å². The number of thiophene rings is 1. The van der Waals surface area contributed by atoms with Gasteiger partial charge in [0.1, 0.15) is 17.2 Å². The second-order valence-corrected chi connectivity index (χ2v) is 5.44. The second kappa shape index (κ2) is 7.33. The van der Waals surface area contributed by atoms with E-state index < -0.39 is 0 Å². The standard InChI is InChI=1S/C16H21NO3S/c1-5-17-15(16-14(20-4)6-7-21-16)11-8-12(18-2)10-13(9-11)19-3/h6-10,15,17H,5H2,1-4H3. The van der Waals surface area contributed by atoms with Crippen LogP contribution >= 0.6 is 11.3 Å². The van der Waals surface area contributed by atoms with Crippen molar-refractivity contribution in [3.05, 3.63) is 40.1 Å². The number of hydrogen-bond acceptors (Lipinski definition) is 5. The lowest BCUT2D eigenvalue weighted by molar-refractivity contribution is 0.391. The van der Waals surface area contributed by atoms with Crippen molar-refractivity contribution in [1.82, 2.24) is 5.32 Å². The average molecular weight is 307 g/mol. The zero-order valence-electron chi connectivity index (χ0n) is 12.8. The minimum Gasteiger partial charge on any atom is -0.497 e. The van der Waals surface area contributed by atoms with E-state index in [1.807, 2.05) is 29.6 Å². The normalized spacial score (nSPS) is 12.0. The van der Waals surface area contributed by atoms with Crippen LogP contribution in [0.25, 0.3) is 0 Å². The molecule has 2 rings (SSSR count). The molecule has 2 aromatic rings. The molecule has 0 aliphatic carbocycles. The predicted octanol–water partition coefficient (Wildman–Crippen LogP) is 3.47. The number of hydrogen-bond donors (Lipinski definition) is 1. The SMILES string of the molecule is CCNC(c1cc(OC)cc(OC)c1)c1sccc1OC. The first-order valence-corrected chi connectivity index (χ1v) is 7.69. The first-order valence-electron chi connectivity index (χ1n) is 6.81. The van der Waals surface area contributed by atoms with E-state index in [1.54, 1.807) is 32.7 Å². The largest absolute Gasteiger partial charge is 0.497 e. The highest BCUT2D eigenvalue weighted by Crippen LogP contribution is 2.37. The summed E-state index contributed by atoms with van der Waals surface area (Å²) >= 11 is 1.67. The molecule has 1 heterocycles. The molecule has 21 heavy (non-hydrogen) atoms. The van der Waals surface area contributed by atoms with Gasteiger partial charge >= 0.3 is 0 Å². The van der Waals surface area contributed by atoms with Gasteiger partial charge in [-0.3, -0.25) is 0 Å². The van der Waals surface area contributed by atoms with Crippen LogP contribution in [0.5, 0.6) is 17.2 Å². The summed E-state index contributed by atoms with van der Waals surface area (Å²) in [6.45, 7) is 2.94. The number of methoxy groups -OCH3 is 3. The summed E-state index contributed by atoms with van der Waals surface area (Å²) in [7, 11) is 5.01. The summed E-state index contributed by atoms with van der Waals surface area (Å²) in [4.78, 5) is 1.15. The molecule has 0 aliphatic rings. The smallest absolute Gasteiger partial charge is 0.134 e. The Morgan fingerprint density at radius 1 is 1.05 bits per heavy atom. The molecule has 0 fully saturated rings. The van der Waals surface area contributed by atoms with Crippen molar-refractivity contribution in [2.75, 3.05) is 27.9 Å². The lowest BCUT2D eigenvalue weighted by Gasteiger charge is -2.20. The first-order chi connectivity index (χ1) is 10.2. The molecule has 1 N–H and O–H groups in total. The summed E-state index contributed by atoms with van der Waals surface area (Å²) in [6.07, 6.45) is 0. The third kappa shape index (κ3) is 3.49. The third-order valence-corrected chi connectivity index (χ3v) is 4.22. The van der Waals surface area contributed by atoms with Gasteiger partial charge in [-0.2, -0.15) is 0 Å². The molecule has 0 saturated heterocycles. The molecule has 0 aliphatic heterocycles. The predicted molar refractivity (Wildman–Crippen MR) is 85.9 cm³/mol. The minimum atomic E-state index is 0.0500. The van der Waals surface area contributed by atoms with E-state index in [0.717, 1.165) is 34.2 Å². The first kappa shape index (κ1) is 15.7. The number of benzene rings is 1. The van der Waals surface area contributed by atoms with Crippen molar-refractivity contribution in [2.24, 2.45) is 0 Å². The van der Waals surface area contributed by atoms with Crippen LogP contribution in [0.1, 0.15) is 23.4 Å². The second-order valence-electron chi connectivity index (χ2n) is 4.49. The Morgan fingerprint density at radius 2 is 1.71 bits per heavy atom. The molecule has 1 aromatic heterocycles. The summed E-state index contributed by atoms with van der Waals surface area (Å²) in [5.41, 5.74) is 1.09. The monoisotopic (exact) mass is 307 g/mol. The summed E-state index contributed by atoms with van der Waals surface area (Å²) in [6, 6.07) is 7.96. The topological polar surface area (TPSA) is 39.7 Å². The fourth-order valence-corrected chi connectivity index (χ4v) is 3.21. The van der Waals surface area contributed by atoms with Gasteiger partial charge in [0.05, 0.1) is 32.2 Å². The highest BCUT2D eigenvalue weighted by molar-refractivity contribution is 7.10. The molecular weight excluding hydrogens is 286 g/mol. The molecule has 1 aromatic carbocycles. The van der Waals surface area contributed by atoms with Gasteiger partial charge in [-0.1, -0.05) is 6.92 Å². The van der Waals surface area contributed by atoms with E-state index >= 15 is 0 Å². The average Bonchev–Trinajstić information content (AvgIpc) is 3.00. The van der Waals surface area contributed by atoms with Gasteiger partial charge in [0.15, 0.2) is 0 Å². The van der Waals surface area contributed by atoms with E-state index in [-0.39, 0.29) is 6.04 Å². The zero-order valence-corrected chi connectivity index (χ0v) is 13.6. The zero-order chi connectivity index (χ0) is 15.2. The minimum absolute atomic E-state index is 0.0500. The van der Waals surface area contributed by atoms with Crippen LogP contribution < -0.4 is 19.5 Å². The molecule has 1 unspecified atom stereocenters. The van der Waals surface area contributed by atoms with Crippen LogP contribution in [0.15, 0.2) is 29.6 Å². The Kier molecular flexibility index (Phi) is 5.47. The summed E-state index contributed by atoms with van der Waals surface area (Å²) in [5, 5.41) is 5.54. The Hall–Kier alpha value is -1.72. The molecule has 0 bridgehead atoms. The lowest BCUT2D eigenvalue weighted by atomic mass is 10.0. The maximum absolute atomic E-state index is 5.46. The van der Waals surface area contributed by atoms with E-state index in [4.69, 9.17) is 14.2 Å². The van der Waals surface area contributed by atoms with Crippen LogP contribution in [-0.2, 0) is 0 Å². The van der Waals surface area contributed by atoms with Gasteiger partial charge in [0, 0.05) is 6.07 Å². The number of ether oxygens (including phenoxy) is 3. The maximum Gasteiger partial charge on any atom is 0.134 e. The highest BCUT2D eigenvalue weighted by atomic mass is 32.1. The van der Waals surface area contributed by atoms with E-state index in [9.17, 15) is 0 Å². The van der Waals surface area contributed by atoms with Crippen molar-refractivity contribution in [2.45, 2.75) is 13.0 Å². The number of rotatable bonds is 7. The fourth-order valence-electron chi connectivity index (χ4n) is 2.25. The molecule has 0 saturated carbocycles. The van der Waals surface area contributed by atoms with Gasteiger partial charge in [-0.05, 0) is 35.7 Å². The molecule has 0 radical (unpaired) electrons. The van der Waals surface area contributed by atoms with E-state index in [0.29, 0.717) is 0 Å². The van der Waals surface area contributed by atoms with Crippen LogP contribution in [0.3, 0.4) is 0 Å². The Labute approximate surface area is 129 Å². The lowest BCUT2D eigenvalue weighted by Crippen LogP contribution is -2.21.